The number of hydrogen-bond donors (Lipinski definition) is 3. The summed E-state index contributed by atoms with van der Waals surface area (Å²) >= 11 is 0. The molecule has 0 amide bonds. The molecule has 1 rings (SSSR count). The fraction of sp³-hybridized carbons (Fsp3) is 0.222. The molecule has 14 heavy (non-hydrogen) atoms. The van der Waals surface area contributed by atoms with Crippen LogP contribution in [-0.2, 0) is 0 Å². The van der Waals surface area contributed by atoms with E-state index in [2.05, 4.69) is 0 Å². The molecule has 0 aromatic heterocycles. The number of rotatable bonds is 2. The Morgan fingerprint density at radius 2 is 2.14 bits per heavy atom. The summed E-state index contributed by atoms with van der Waals surface area (Å²) in [6.45, 7) is 0.189. The molecular weight excluding hydrogens is 183 g/mol. The number of anilines is 1. The van der Waals surface area contributed by atoms with Crippen LogP contribution in [0.2, 0.25) is 0 Å². The molecule has 1 aromatic rings. The third-order valence-corrected chi connectivity index (χ3v) is 1.95. The first-order valence-corrected chi connectivity index (χ1v) is 4.04. The predicted molar refractivity (Wildman–Crippen MR) is 51.5 cm³/mol. The summed E-state index contributed by atoms with van der Waals surface area (Å²) in [4.78, 5) is 0. The van der Waals surface area contributed by atoms with Gasteiger partial charge in [0.05, 0.1) is 11.3 Å². The van der Waals surface area contributed by atoms with Gasteiger partial charge in [0.2, 0.25) is 0 Å². The molecule has 6 N–H and O–H groups in total. The second kappa shape index (κ2) is 4.05. The molecule has 0 aliphatic carbocycles. The number of hydrogen-bond acceptors (Lipinski definition) is 4. The fourth-order valence-electron chi connectivity index (χ4n) is 1.08. The van der Waals surface area contributed by atoms with E-state index in [1.165, 1.54) is 12.1 Å². The van der Waals surface area contributed by atoms with E-state index in [1.807, 2.05) is 0 Å². The molecule has 0 aliphatic heterocycles. The minimum Gasteiger partial charge on any atom is -0.395 e. The van der Waals surface area contributed by atoms with Gasteiger partial charge < -0.3 is 17.2 Å². The van der Waals surface area contributed by atoms with E-state index in [0.29, 0.717) is 5.56 Å². The summed E-state index contributed by atoms with van der Waals surface area (Å²) in [6.07, 6.45) is 0. The summed E-state index contributed by atoms with van der Waals surface area (Å²) in [6, 6.07) is 3.98. The predicted octanol–water partition coefficient (Wildman–Crippen LogP) is 0.238. The lowest BCUT2D eigenvalue weighted by Crippen LogP contribution is -2.21. The van der Waals surface area contributed by atoms with Crippen molar-refractivity contribution < 1.29 is 4.39 Å². The number of nitrogen functional groups attached to an aromatic ring is 1. The molecule has 0 aliphatic rings. The van der Waals surface area contributed by atoms with E-state index in [4.69, 9.17) is 22.5 Å². The van der Waals surface area contributed by atoms with Crippen LogP contribution in [0.4, 0.5) is 10.1 Å². The van der Waals surface area contributed by atoms with Crippen molar-refractivity contribution in [3.05, 3.63) is 29.1 Å². The highest BCUT2D eigenvalue weighted by molar-refractivity contribution is 5.56. The molecule has 1 aromatic carbocycles. The van der Waals surface area contributed by atoms with E-state index in [0.717, 1.165) is 0 Å². The van der Waals surface area contributed by atoms with Crippen molar-refractivity contribution in [3.8, 4) is 6.07 Å². The fourth-order valence-corrected chi connectivity index (χ4v) is 1.08. The largest absolute Gasteiger partial charge is 0.395 e. The zero-order valence-corrected chi connectivity index (χ0v) is 7.50. The smallest absolute Gasteiger partial charge is 0.147 e. The number of halogens is 1. The second-order valence-electron chi connectivity index (χ2n) is 2.92. The topological polar surface area (TPSA) is 102 Å². The van der Waals surface area contributed by atoms with Gasteiger partial charge in [-0.2, -0.15) is 5.26 Å². The zero-order chi connectivity index (χ0) is 10.7. The molecule has 0 heterocycles. The Balaban J connectivity index is 3.24. The van der Waals surface area contributed by atoms with Crippen molar-refractivity contribution in [2.24, 2.45) is 11.5 Å². The van der Waals surface area contributed by atoms with Crippen molar-refractivity contribution in [2.45, 2.75) is 6.04 Å². The Morgan fingerprint density at radius 1 is 1.50 bits per heavy atom. The van der Waals surface area contributed by atoms with E-state index in [-0.39, 0.29) is 17.8 Å². The molecule has 5 heteroatoms. The maximum atomic E-state index is 13.2. The molecule has 0 fully saturated rings. The molecule has 1 unspecified atom stereocenters. The third kappa shape index (κ3) is 1.82. The van der Waals surface area contributed by atoms with Gasteiger partial charge in [-0.05, 0) is 17.7 Å². The molecule has 74 valence electrons. The Kier molecular flexibility index (Phi) is 3.02. The molecule has 4 nitrogen and oxygen atoms in total. The molecule has 0 saturated heterocycles. The van der Waals surface area contributed by atoms with Gasteiger partial charge in [-0.1, -0.05) is 0 Å². The Morgan fingerprint density at radius 3 is 2.64 bits per heavy atom. The lowest BCUT2D eigenvalue weighted by molar-refractivity contribution is 0.624. The number of nitrogens with zero attached hydrogens (tertiary/aromatic N) is 1. The van der Waals surface area contributed by atoms with Crippen LogP contribution in [0.25, 0.3) is 0 Å². The van der Waals surface area contributed by atoms with Gasteiger partial charge in [0.1, 0.15) is 11.9 Å². The highest BCUT2D eigenvalue weighted by atomic mass is 19.1. The van der Waals surface area contributed by atoms with E-state index in [9.17, 15) is 4.39 Å². The highest BCUT2D eigenvalue weighted by Crippen LogP contribution is 2.20. The standard InChI is InChI=1S/C9H11FN4/c10-7-2-5(8(13)4-12)1-6(3-11)9(7)14/h1-2,8H,4,12-14H2. The average molecular weight is 194 g/mol. The van der Waals surface area contributed by atoms with Crippen molar-refractivity contribution in [3.63, 3.8) is 0 Å². The lowest BCUT2D eigenvalue weighted by Gasteiger charge is -2.10. The van der Waals surface area contributed by atoms with Crippen LogP contribution in [0, 0.1) is 17.1 Å². The number of benzene rings is 1. The lowest BCUT2D eigenvalue weighted by atomic mass is 10.0. The van der Waals surface area contributed by atoms with Crippen molar-refractivity contribution in [1.29, 1.82) is 5.26 Å². The van der Waals surface area contributed by atoms with Gasteiger partial charge >= 0.3 is 0 Å². The van der Waals surface area contributed by atoms with Crippen molar-refractivity contribution in [1.82, 2.24) is 0 Å². The Labute approximate surface area is 81.1 Å². The minimum atomic E-state index is -0.636. The molecule has 1 atom stereocenters. The van der Waals surface area contributed by atoms with Crippen LogP contribution >= 0.6 is 0 Å². The molecule has 0 spiro atoms. The van der Waals surface area contributed by atoms with E-state index >= 15 is 0 Å². The monoisotopic (exact) mass is 194 g/mol. The van der Waals surface area contributed by atoms with Gasteiger partial charge in [-0.15, -0.1) is 0 Å². The van der Waals surface area contributed by atoms with Gasteiger partial charge in [0.15, 0.2) is 0 Å². The minimum absolute atomic E-state index is 0.0869. The number of nitriles is 1. The summed E-state index contributed by atoms with van der Waals surface area (Å²) in [5.74, 6) is -0.636. The second-order valence-corrected chi connectivity index (χ2v) is 2.92. The summed E-state index contributed by atoms with van der Waals surface area (Å²) < 4.78 is 13.2. The quantitative estimate of drug-likeness (QED) is 0.587. The van der Waals surface area contributed by atoms with Gasteiger partial charge in [0, 0.05) is 12.6 Å². The SMILES string of the molecule is N#Cc1cc(C(N)CN)cc(F)c1N. The van der Waals surface area contributed by atoms with Gasteiger partial charge in [0.25, 0.3) is 0 Å². The molecule has 0 bridgehead atoms. The van der Waals surface area contributed by atoms with Crippen LogP contribution in [0.3, 0.4) is 0 Å². The molecular formula is C9H11FN4. The van der Waals surface area contributed by atoms with E-state index in [1.54, 1.807) is 6.07 Å². The Bertz CT molecular complexity index is 383. The summed E-state index contributed by atoms with van der Waals surface area (Å²) in [5.41, 5.74) is 16.7. The van der Waals surface area contributed by atoms with Crippen molar-refractivity contribution in [2.75, 3.05) is 12.3 Å². The maximum Gasteiger partial charge on any atom is 0.147 e. The van der Waals surface area contributed by atoms with Crippen LogP contribution in [0.1, 0.15) is 17.2 Å². The number of nitrogens with two attached hydrogens (primary N) is 3. The van der Waals surface area contributed by atoms with Gasteiger partial charge in [-0.3, -0.25) is 0 Å². The maximum absolute atomic E-state index is 13.2. The zero-order valence-electron chi connectivity index (χ0n) is 7.50. The van der Waals surface area contributed by atoms with Crippen LogP contribution in [0.15, 0.2) is 12.1 Å². The molecule has 0 radical (unpaired) electrons. The van der Waals surface area contributed by atoms with Gasteiger partial charge in [-0.25, -0.2) is 4.39 Å². The van der Waals surface area contributed by atoms with Crippen LogP contribution < -0.4 is 17.2 Å². The normalized spacial score (nSPS) is 12.1. The first kappa shape index (κ1) is 10.4. The van der Waals surface area contributed by atoms with Crippen LogP contribution in [-0.4, -0.2) is 6.54 Å². The highest BCUT2D eigenvalue weighted by Gasteiger charge is 2.11. The first-order valence-electron chi connectivity index (χ1n) is 4.04. The third-order valence-electron chi connectivity index (χ3n) is 1.95. The summed E-state index contributed by atoms with van der Waals surface area (Å²) in [7, 11) is 0. The van der Waals surface area contributed by atoms with E-state index < -0.39 is 11.9 Å². The Hall–Kier alpha value is -1.64. The molecule has 0 saturated carbocycles. The average Bonchev–Trinajstić information content (AvgIpc) is 2.20. The summed E-state index contributed by atoms with van der Waals surface area (Å²) in [5, 5.41) is 8.65. The van der Waals surface area contributed by atoms with Crippen LogP contribution in [0.5, 0.6) is 0 Å². The first-order chi connectivity index (χ1) is 6.60. The van der Waals surface area contributed by atoms with Crippen molar-refractivity contribution >= 4 is 5.69 Å².